The molecule has 0 bridgehead atoms. The molecule has 0 spiro atoms. The smallest absolute Gasteiger partial charge is 0.331 e. The number of aliphatic hydroxyl groups is 1. The molecule has 0 radical (unpaired) electrons. The number of oxime groups is 1. The van der Waals surface area contributed by atoms with Crippen molar-refractivity contribution in [1.29, 1.82) is 0 Å². The number of rotatable bonds is 9. The summed E-state index contributed by atoms with van der Waals surface area (Å²) < 4.78 is 15.8. The average Bonchev–Trinajstić information content (AvgIpc) is 2.47. The van der Waals surface area contributed by atoms with Gasteiger partial charge in [-0.3, -0.25) is 0 Å². The summed E-state index contributed by atoms with van der Waals surface area (Å²) in [6.07, 6.45) is 1.40. The normalized spacial score (nSPS) is 10.6. The minimum atomic E-state index is -0.485. The van der Waals surface area contributed by atoms with Crippen LogP contribution in [0.2, 0.25) is 0 Å². The van der Waals surface area contributed by atoms with Crippen LogP contribution >= 0.6 is 0 Å². The Morgan fingerprint density at radius 1 is 1.29 bits per heavy atom. The maximum absolute atomic E-state index is 10.6. The molecule has 1 aromatic carbocycles. The molecule has 7 heteroatoms. The highest BCUT2D eigenvalue weighted by atomic mass is 16.7. The van der Waals surface area contributed by atoms with E-state index in [2.05, 4.69) is 9.99 Å². The molecule has 0 aliphatic heterocycles. The topological polar surface area (TPSA) is 86.6 Å². The number of nitrogens with zero attached hydrogens (tertiary/aromatic N) is 1. The summed E-state index contributed by atoms with van der Waals surface area (Å²) >= 11 is 0. The second kappa shape index (κ2) is 9.73. The van der Waals surface area contributed by atoms with Crippen molar-refractivity contribution in [3.8, 4) is 11.5 Å². The Hall–Kier alpha value is -2.12. The van der Waals surface area contributed by atoms with Gasteiger partial charge in [0.25, 0.3) is 0 Å². The Bertz CT molecular complexity index is 475. The van der Waals surface area contributed by atoms with Crippen LogP contribution in [0.3, 0.4) is 0 Å². The summed E-state index contributed by atoms with van der Waals surface area (Å²) in [6.45, 7) is 2.26. The first-order valence-electron chi connectivity index (χ1n) is 6.37. The van der Waals surface area contributed by atoms with Gasteiger partial charge in [0.2, 0.25) is 0 Å². The van der Waals surface area contributed by atoms with Crippen LogP contribution in [0.5, 0.6) is 11.5 Å². The molecule has 1 N–H and O–H groups in total. The molecule has 0 fully saturated rings. The lowest BCUT2D eigenvalue weighted by molar-refractivity contribution is -0.140. The highest BCUT2D eigenvalue weighted by molar-refractivity contribution is 5.81. The number of ether oxygens (including phenoxy) is 3. The summed E-state index contributed by atoms with van der Waals surface area (Å²) in [5.74, 6) is 0.611. The standard InChI is InChI=1S/C14H19NO6/c1-11(17)21-15-10-12-3-4-13(14(9-12)18-2)20-8-7-19-6-5-16/h3-4,9-10,16H,5-8H2,1-2H3/b15-10+. The molecule has 0 amide bonds. The second-order valence-electron chi connectivity index (χ2n) is 3.91. The molecule has 0 heterocycles. The fourth-order valence-corrected chi connectivity index (χ4v) is 1.42. The summed E-state index contributed by atoms with van der Waals surface area (Å²) in [6, 6.07) is 5.18. The Kier molecular flexibility index (Phi) is 7.85. The van der Waals surface area contributed by atoms with Crippen molar-refractivity contribution in [2.75, 3.05) is 33.5 Å². The van der Waals surface area contributed by atoms with E-state index in [1.54, 1.807) is 18.2 Å². The van der Waals surface area contributed by atoms with Gasteiger partial charge in [0.1, 0.15) is 6.61 Å². The molecule has 0 aliphatic carbocycles. The fourth-order valence-electron chi connectivity index (χ4n) is 1.42. The van der Waals surface area contributed by atoms with E-state index in [9.17, 15) is 4.79 Å². The average molecular weight is 297 g/mol. The highest BCUT2D eigenvalue weighted by Gasteiger charge is 2.05. The van der Waals surface area contributed by atoms with Gasteiger partial charge in [-0.15, -0.1) is 0 Å². The molecular weight excluding hydrogens is 278 g/mol. The number of carbonyl (C=O) groups is 1. The second-order valence-corrected chi connectivity index (χ2v) is 3.91. The number of benzene rings is 1. The van der Waals surface area contributed by atoms with E-state index < -0.39 is 5.97 Å². The molecule has 0 saturated carbocycles. The van der Waals surface area contributed by atoms with Gasteiger partial charge >= 0.3 is 5.97 Å². The van der Waals surface area contributed by atoms with E-state index in [1.165, 1.54) is 20.2 Å². The van der Waals surface area contributed by atoms with Gasteiger partial charge in [-0.1, -0.05) is 5.16 Å². The number of aliphatic hydroxyl groups excluding tert-OH is 1. The Labute approximate surface area is 123 Å². The van der Waals surface area contributed by atoms with Crippen LogP contribution in [0.25, 0.3) is 0 Å². The van der Waals surface area contributed by atoms with Gasteiger partial charge in [0.15, 0.2) is 11.5 Å². The molecule has 1 aromatic rings. The van der Waals surface area contributed by atoms with E-state index in [4.69, 9.17) is 19.3 Å². The minimum absolute atomic E-state index is 0.0142. The molecule has 21 heavy (non-hydrogen) atoms. The zero-order valence-corrected chi connectivity index (χ0v) is 12.1. The molecule has 7 nitrogen and oxygen atoms in total. The van der Waals surface area contributed by atoms with Crippen molar-refractivity contribution in [2.45, 2.75) is 6.92 Å². The maximum Gasteiger partial charge on any atom is 0.331 e. The summed E-state index contributed by atoms with van der Waals surface area (Å²) in [5.41, 5.74) is 0.706. The van der Waals surface area contributed by atoms with E-state index in [0.29, 0.717) is 30.3 Å². The van der Waals surface area contributed by atoms with Crippen molar-refractivity contribution < 1.29 is 28.9 Å². The summed E-state index contributed by atoms with van der Waals surface area (Å²) in [5, 5.41) is 12.1. The summed E-state index contributed by atoms with van der Waals surface area (Å²) in [7, 11) is 1.53. The number of hydrogen-bond acceptors (Lipinski definition) is 7. The van der Waals surface area contributed by atoms with Gasteiger partial charge in [-0.2, -0.15) is 0 Å². The Balaban J connectivity index is 2.57. The van der Waals surface area contributed by atoms with Crippen LogP contribution in [0.15, 0.2) is 23.4 Å². The molecular formula is C14H19NO6. The lowest BCUT2D eigenvalue weighted by atomic mass is 10.2. The Morgan fingerprint density at radius 2 is 2.10 bits per heavy atom. The minimum Gasteiger partial charge on any atom is -0.493 e. The molecule has 0 aliphatic rings. The molecule has 0 aromatic heterocycles. The van der Waals surface area contributed by atoms with E-state index in [0.717, 1.165) is 0 Å². The van der Waals surface area contributed by atoms with Gasteiger partial charge in [0, 0.05) is 12.5 Å². The lowest BCUT2D eigenvalue weighted by Gasteiger charge is -2.11. The molecule has 116 valence electrons. The van der Waals surface area contributed by atoms with Gasteiger partial charge < -0.3 is 24.2 Å². The first-order chi connectivity index (χ1) is 10.2. The van der Waals surface area contributed by atoms with Crippen LogP contribution in [-0.2, 0) is 14.4 Å². The lowest BCUT2D eigenvalue weighted by Crippen LogP contribution is -2.09. The van der Waals surface area contributed by atoms with Crippen molar-refractivity contribution in [1.82, 2.24) is 0 Å². The molecule has 0 saturated heterocycles. The van der Waals surface area contributed by atoms with E-state index in [-0.39, 0.29) is 13.2 Å². The summed E-state index contributed by atoms with van der Waals surface area (Å²) in [4.78, 5) is 15.1. The van der Waals surface area contributed by atoms with Crippen molar-refractivity contribution >= 4 is 12.2 Å². The number of carbonyl (C=O) groups excluding carboxylic acids is 1. The SMILES string of the molecule is COc1cc(/C=N/OC(C)=O)ccc1OCCOCCO. The van der Waals surface area contributed by atoms with Gasteiger partial charge in [0.05, 0.1) is 33.1 Å². The molecule has 0 atom stereocenters. The van der Waals surface area contributed by atoms with Crippen LogP contribution in [0.4, 0.5) is 0 Å². The highest BCUT2D eigenvalue weighted by Crippen LogP contribution is 2.27. The van der Waals surface area contributed by atoms with Gasteiger partial charge in [-0.25, -0.2) is 4.79 Å². The zero-order valence-electron chi connectivity index (χ0n) is 12.1. The van der Waals surface area contributed by atoms with E-state index >= 15 is 0 Å². The third-order valence-corrected chi connectivity index (χ3v) is 2.29. The zero-order chi connectivity index (χ0) is 15.5. The quantitative estimate of drug-likeness (QED) is 0.316. The van der Waals surface area contributed by atoms with Crippen molar-refractivity contribution in [3.63, 3.8) is 0 Å². The van der Waals surface area contributed by atoms with Crippen LogP contribution < -0.4 is 9.47 Å². The number of hydrogen-bond donors (Lipinski definition) is 1. The Morgan fingerprint density at radius 3 is 2.76 bits per heavy atom. The maximum atomic E-state index is 10.6. The first-order valence-corrected chi connectivity index (χ1v) is 6.37. The molecule has 0 unspecified atom stereocenters. The van der Waals surface area contributed by atoms with Crippen molar-refractivity contribution in [3.05, 3.63) is 23.8 Å². The predicted octanol–water partition coefficient (Wildman–Crippen LogP) is 0.980. The van der Waals surface area contributed by atoms with Crippen molar-refractivity contribution in [2.24, 2.45) is 5.16 Å². The van der Waals surface area contributed by atoms with Crippen LogP contribution in [0.1, 0.15) is 12.5 Å². The third-order valence-electron chi connectivity index (χ3n) is 2.29. The molecule has 1 rings (SSSR count). The van der Waals surface area contributed by atoms with Crippen LogP contribution in [-0.4, -0.2) is 50.8 Å². The van der Waals surface area contributed by atoms with Crippen LogP contribution in [0, 0.1) is 0 Å². The third kappa shape index (κ3) is 6.73. The van der Waals surface area contributed by atoms with E-state index in [1.807, 2.05) is 0 Å². The monoisotopic (exact) mass is 297 g/mol. The predicted molar refractivity (Wildman–Crippen MR) is 75.8 cm³/mol. The number of methoxy groups -OCH3 is 1. The van der Waals surface area contributed by atoms with Gasteiger partial charge in [-0.05, 0) is 18.2 Å². The first kappa shape index (κ1) is 16.9. The largest absolute Gasteiger partial charge is 0.493 e. The fraction of sp³-hybridized carbons (Fsp3) is 0.429.